The first-order valence-corrected chi connectivity index (χ1v) is 8.26. The Morgan fingerprint density at radius 2 is 1.92 bits per heavy atom. The van der Waals surface area contributed by atoms with E-state index in [9.17, 15) is 4.79 Å². The van der Waals surface area contributed by atoms with E-state index in [0.717, 1.165) is 36.3 Å². The van der Waals surface area contributed by atoms with Gasteiger partial charge < -0.3 is 10.6 Å². The molecule has 4 rings (SSSR count). The Labute approximate surface area is 139 Å². The summed E-state index contributed by atoms with van der Waals surface area (Å²) in [5, 5.41) is 10.3. The molecule has 0 radical (unpaired) electrons. The van der Waals surface area contributed by atoms with Gasteiger partial charge in [0.2, 0.25) is 0 Å². The number of nitrogens with one attached hydrogen (secondary N) is 2. The van der Waals surface area contributed by atoms with E-state index in [4.69, 9.17) is 0 Å². The fraction of sp³-hybridized carbons (Fsp3) is 0.278. The molecular formula is C18H19N5O. The minimum Gasteiger partial charge on any atom is -0.307 e. The van der Waals surface area contributed by atoms with E-state index in [0.29, 0.717) is 17.3 Å². The Morgan fingerprint density at radius 1 is 1.17 bits per heavy atom. The van der Waals surface area contributed by atoms with Gasteiger partial charge in [0.05, 0.1) is 5.69 Å². The lowest BCUT2D eigenvalue weighted by Gasteiger charge is -2.11. The zero-order valence-corrected chi connectivity index (χ0v) is 13.5. The third kappa shape index (κ3) is 2.82. The van der Waals surface area contributed by atoms with E-state index in [-0.39, 0.29) is 6.03 Å². The van der Waals surface area contributed by atoms with Crippen LogP contribution in [0, 0.1) is 0 Å². The first kappa shape index (κ1) is 14.7. The molecule has 2 aromatic heterocycles. The van der Waals surface area contributed by atoms with Gasteiger partial charge in [0, 0.05) is 17.8 Å². The Bertz CT molecular complexity index is 897. The summed E-state index contributed by atoms with van der Waals surface area (Å²) in [7, 11) is 0. The number of pyridine rings is 1. The number of urea groups is 1. The van der Waals surface area contributed by atoms with Crippen molar-refractivity contribution in [2.75, 3.05) is 10.6 Å². The number of hydrogen-bond donors (Lipinski definition) is 2. The first-order chi connectivity index (χ1) is 11.7. The van der Waals surface area contributed by atoms with Gasteiger partial charge in [-0.1, -0.05) is 25.1 Å². The Morgan fingerprint density at radius 3 is 2.71 bits per heavy atom. The normalized spacial score (nSPS) is 13.9. The fourth-order valence-corrected chi connectivity index (χ4v) is 2.76. The monoisotopic (exact) mass is 321 g/mol. The maximum absolute atomic E-state index is 12.4. The molecule has 1 aromatic carbocycles. The lowest BCUT2D eigenvalue weighted by atomic mass is 10.1. The van der Waals surface area contributed by atoms with Gasteiger partial charge in [-0.05, 0) is 43.0 Å². The Hall–Kier alpha value is -2.89. The van der Waals surface area contributed by atoms with Crippen molar-refractivity contribution in [2.24, 2.45) is 0 Å². The van der Waals surface area contributed by atoms with Crippen LogP contribution in [0.3, 0.4) is 0 Å². The molecule has 0 unspecified atom stereocenters. The minimum absolute atomic E-state index is 0.278. The summed E-state index contributed by atoms with van der Waals surface area (Å²) in [5.74, 6) is 1.34. The van der Waals surface area contributed by atoms with Gasteiger partial charge in [0.1, 0.15) is 0 Å². The van der Waals surface area contributed by atoms with Gasteiger partial charge >= 0.3 is 6.03 Å². The van der Waals surface area contributed by atoms with Crippen LogP contribution >= 0.6 is 0 Å². The lowest BCUT2D eigenvalue weighted by molar-refractivity contribution is 0.262. The van der Waals surface area contributed by atoms with Crippen LogP contribution in [0.2, 0.25) is 0 Å². The van der Waals surface area contributed by atoms with Gasteiger partial charge in [-0.15, -0.1) is 0 Å². The second-order valence-corrected chi connectivity index (χ2v) is 6.02. The molecule has 3 aromatic rings. The second kappa shape index (κ2) is 5.96. The van der Waals surface area contributed by atoms with Crippen LogP contribution in [-0.2, 0) is 6.42 Å². The van der Waals surface area contributed by atoms with Crippen molar-refractivity contribution in [3.05, 3.63) is 54.0 Å². The topological polar surface area (TPSA) is 71.3 Å². The molecule has 0 aliphatic heterocycles. The SMILES string of the molecule is CCc1ccccc1NC(=O)Nc1cccn2nc(C3CC3)nc12. The van der Waals surface area contributed by atoms with Crippen LogP contribution in [0.1, 0.15) is 37.1 Å². The summed E-state index contributed by atoms with van der Waals surface area (Å²) >= 11 is 0. The predicted molar refractivity (Wildman–Crippen MR) is 93.4 cm³/mol. The van der Waals surface area contributed by atoms with Crippen molar-refractivity contribution in [2.45, 2.75) is 32.1 Å². The smallest absolute Gasteiger partial charge is 0.307 e. The number of para-hydroxylation sites is 1. The number of aromatic nitrogens is 3. The number of carbonyl (C=O) groups excluding carboxylic acids is 1. The van der Waals surface area contributed by atoms with Crippen molar-refractivity contribution >= 4 is 23.1 Å². The molecule has 6 nitrogen and oxygen atoms in total. The maximum atomic E-state index is 12.4. The van der Waals surface area contributed by atoms with E-state index in [1.807, 2.05) is 42.6 Å². The number of amides is 2. The number of benzene rings is 1. The molecule has 1 aliphatic rings. The van der Waals surface area contributed by atoms with Crippen molar-refractivity contribution in [1.82, 2.24) is 14.6 Å². The molecule has 2 N–H and O–H groups in total. The molecule has 1 saturated carbocycles. The predicted octanol–water partition coefficient (Wildman–Crippen LogP) is 3.81. The average molecular weight is 321 g/mol. The molecule has 1 aliphatic carbocycles. The molecular weight excluding hydrogens is 302 g/mol. The summed E-state index contributed by atoms with van der Waals surface area (Å²) in [4.78, 5) is 16.9. The number of aryl methyl sites for hydroxylation is 1. The third-order valence-corrected chi connectivity index (χ3v) is 4.22. The van der Waals surface area contributed by atoms with Crippen LogP contribution < -0.4 is 10.6 Å². The molecule has 0 saturated heterocycles. The van der Waals surface area contributed by atoms with Gasteiger partial charge in [-0.2, -0.15) is 5.10 Å². The van der Waals surface area contributed by atoms with Gasteiger partial charge in [0.25, 0.3) is 0 Å². The summed E-state index contributed by atoms with van der Waals surface area (Å²) in [6.07, 6.45) is 5.01. The molecule has 2 amide bonds. The highest BCUT2D eigenvalue weighted by Gasteiger charge is 2.28. The quantitative estimate of drug-likeness (QED) is 0.767. The minimum atomic E-state index is -0.278. The molecule has 0 bridgehead atoms. The van der Waals surface area contributed by atoms with Crippen molar-refractivity contribution < 1.29 is 4.79 Å². The highest BCUT2D eigenvalue weighted by molar-refractivity contribution is 6.02. The van der Waals surface area contributed by atoms with Crippen LogP contribution in [0.5, 0.6) is 0 Å². The maximum Gasteiger partial charge on any atom is 0.323 e. The number of anilines is 2. The zero-order valence-electron chi connectivity index (χ0n) is 13.5. The highest BCUT2D eigenvalue weighted by Crippen LogP contribution is 2.38. The second-order valence-electron chi connectivity index (χ2n) is 6.02. The summed E-state index contributed by atoms with van der Waals surface area (Å²) < 4.78 is 1.73. The lowest BCUT2D eigenvalue weighted by Crippen LogP contribution is -2.20. The molecule has 122 valence electrons. The number of nitrogens with zero attached hydrogens (tertiary/aromatic N) is 3. The number of fused-ring (bicyclic) bond motifs is 1. The fourth-order valence-electron chi connectivity index (χ4n) is 2.76. The standard InChI is InChI=1S/C18H19N5O/c1-2-12-6-3-4-7-14(12)19-18(24)20-15-8-5-11-23-17(15)21-16(22-23)13-9-10-13/h3-8,11,13H,2,9-10H2,1H3,(H2,19,20,24). The van der Waals surface area contributed by atoms with Gasteiger partial charge in [0.15, 0.2) is 11.5 Å². The largest absolute Gasteiger partial charge is 0.323 e. The van der Waals surface area contributed by atoms with Crippen molar-refractivity contribution in [1.29, 1.82) is 0 Å². The molecule has 0 spiro atoms. The molecule has 24 heavy (non-hydrogen) atoms. The first-order valence-electron chi connectivity index (χ1n) is 8.26. The summed E-state index contributed by atoms with van der Waals surface area (Å²) in [6, 6.07) is 11.2. The number of hydrogen-bond acceptors (Lipinski definition) is 3. The van der Waals surface area contributed by atoms with Crippen LogP contribution in [0.25, 0.3) is 5.65 Å². The average Bonchev–Trinajstić information content (AvgIpc) is 3.34. The molecule has 1 fully saturated rings. The van der Waals surface area contributed by atoms with E-state index >= 15 is 0 Å². The summed E-state index contributed by atoms with van der Waals surface area (Å²) in [6.45, 7) is 2.06. The molecule has 0 atom stereocenters. The van der Waals surface area contributed by atoms with E-state index in [1.54, 1.807) is 4.52 Å². The molecule has 2 heterocycles. The van der Waals surface area contributed by atoms with Crippen LogP contribution in [-0.4, -0.2) is 20.6 Å². The van der Waals surface area contributed by atoms with E-state index in [2.05, 4.69) is 27.6 Å². The van der Waals surface area contributed by atoms with Crippen LogP contribution in [0.15, 0.2) is 42.6 Å². The van der Waals surface area contributed by atoms with E-state index in [1.165, 1.54) is 0 Å². The summed E-state index contributed by atoms with van der Waals surface area (Å²) in [5.41, 5.74) is 3.26. The third-order valence-electron chi connectivity index (χ3n) is 4.22. The van der Waals surface area contributed by atoms with Crippen LogP contribution in [0.4, 0.5) is 16.2 Å². The highest BCUT2D eigenvalue weighted by atomic mass is 16.2. The number of rotatable bonds is 4. The number of carbonyl (C=O) groups is 1. The van der Waals surface area contributed by atoms with Gasteiger partial charge in [-0.25, -0.2) is 14.3 Å². The Balaban J connectivity index is 1.56. The van der Waals surface area contributed by atoms with Gasteiger partial charge in [-0.3, -0.25) is 0 Å². The molecule has 6 heteroatoms. The Kier molecular flexibility index (Phi) is 3.65. The van der Waals surface area contributed by atoms with E-state index < -0.39 is 0 Å². The zero-order chi connectivity index (χ0) is 16.5. The van der Waals surface area contributed by atoms with Crippen molar-refractivity contribution in [3.8, 4) is 0 Å². The van der Waals surface area contributed by atoms with Crippen molar-refractivity contribution in [3.63, 3.8) is 0 Å².